The van der Waals surface area contributed by atoms with Crippen molar-refractivity contribution in [3.8, 4) is 0 Å². The Hall–Kier alpha value is -2.41. The van der Waals surface area contributed by atoms with Crippen molar-refractivity contribution in [2.45, 2.75) is 17.9 Å². The van der Waals surface area contributed by atoms with E-state index in [1.54, 1.807) is 54.4 Å². The van der Waals surface area contributed by atoms with Crippen LogP contribution in [0.5, 0.6) is 0 Å². The predicted molar refractivity (Wildman–Crippen MR) is 89.5 cm³/mol. The van der Waals surface area contributed by atoms with E-state index in [9.17, 15) is 18.5 Å². The summed E-state index contributed by atoms with van der Waals surface area (Å²) in [5.74, 6) is 0. The molecule has 2 rings (SSSR count). The third-order valence-corrected chi connectivity index (χ3v) is 4.96. The molecule has 1 atom stereocenters. The van der Waals surface area contributed by atoms with Crippen LogP contribution in [0.2, 0.25) is 0 Å². The highest BCUT2D eigenvalue weighted by molar-refractivity contribution is 7.90. The van der Waals surface area contributed by atoms with Gasteiger partial charge >= 0.3 is 0 Å². The van der Waals surface area contributed by atoms with Gasteiger partial charge in [0.25, 0.3) is 5.69 Å². The molecule has 0 fully saturated rings. The normalized spacial score (nSPS) is 12.7. The van der Waals surface area contributed by atoms with E-state index < -0.39 is 14.8 Å². The minimum absolute atomic E-state index is 0.0367. The first-order valence-corrected chi connectivity index (χ1v) is 8.87. The van der Waals surface area contributed by atoms with Crippen molar-refractivity contribution >= 4 is 21.2 Å². The zero-order valence-corrected chi connectivity index (χ0v) is 13.9. The van der Waals surface area contributed by atoms with Crippen LogP contribution in [0.15, 0.2) is 53.4 Å². The lowest BCUT2D eigenvalue weighted by atomic mass is 10.1. The molecule has 122 valence electrons. The monoisotopic (exact) mass is 334 g/mol. The fraction of sp³-hybridized carbons (Fsp3) is 0.250. The molecule has 0 aliphatic heterocycles. The lowest BCUT2D eigenvalue weighted by molar-refractivity contribution is -0.384. The minimum Gasteiger partial charge on any atom is -0.362 e. The molecule has 7 heteroatoms. The average molecular weight is 334 g/mol. The molecule has 2 aromatic rings. The molecule has 0 radical (unpaired) electrons. The number of nitrogens with zero attached hydrogens (tertiary/aromatic N) is 2. The first-order chi connectivity index (χ1) is 10.7. The van der Waals surface area contributed by atoms with Gasteiger partial charge in [-0.1, -0.05) is 24.3 Å². The lowest BCUT2D eigenvalue weighted by Gasteiger charge is -2.27. The Bertz CT molecular complexity index is 816. The highest BCUT2D eigenvalue weighted by atomic mass is 32.2. The molecule has 0 aliphatic rings. The van der Waals surface area contributed by atoms with Gasteiger partial charge in [0.2, 0.25) is 0 Å². The van der Waals surface area contributed by atoms with Gasteiger partial charge in [0, 0.05) is 19.4 Å². The Morgan fingerprint density at radius 2 is 1.65 bits per heavy atom. The first-order valence-electron chi connectivity index (χ1n) is 6.98. The molecular weight excluding hydrogens is 316 g/mol. The van der Waals surface area contributed by atoms with E-state index in [-0.39, 0.29) is 16.6 Å². The van der Waals surface area contributed by atoms with Gasteiger partial charge < -0.3 is 4.90 Å². The van der Waals surface area contributed by atoms with E-state index in [0.29, 0.717) is 5.69 Å². The summed E-state index contributed by atoms with van der Waals surface area (Å²) in [6, 6.07) is 12.9. The number of benzene rings is 2. The van der Waals surface area contributed by atoms with Gasteiger partial charge in [-0.3, -0.25) is 10.1 Å². The second-order valence-corrected chi connectivity index (χ2v) is 7.39. The molecule has 0 bridgehead atoms. The van der Waals surface area contributed by atoms with Gasteiger partial charge in [0.05, 0.1) is 15.9 Å². The fourth-order valence-electron chi connectivity index (χ4n) is 2.34. The molecule has 6 nitrogen and oxygen atoms in total. The second kappa shape index (κ2) is 6.37. The number of nitro groups is 1. The average Bonchev–Trinajstić information content (AvgIpc) is 2.52. The SMILES string of the molecule is C[C@@H](c1ccc(S(C)(=O)=O)cc1)N(C)c1ccccc1[N+](=O)[O-]. The highest BCUT2D eigenvalue weighted by Gasteiger charge is 2.21. The van der Waals surface area contributed by atoms with Gasteiger partial charge in [-0.25, -0.2) is 8.42 Å². The van der Waals surface area contributed by atoms with E-state index >= 15 is 0 Å². The first kappa shape index (κ1) is 17.0. The Balaban J connectivity index is 2.33. The van der Waals surface area contributed by atoms with E-state index in [1.165, 1.54) is 6.07 Å². The van der Waals surface area contributed by atoms with Gasteiger partial charge in [-0.15, -0.1) is 0 Å². The van der Waals surface area contributed by atoms with E-state index in [4.69, 9.17) is 0 Å². The van der Waals surface area contributed by atoms with Crippen molar-refractivity contribution in [1.29, 1.82) is 0 Å². The zero-order chi connectivity index (χ0) is 17.2. The van der Waals surface area contributed by atoms with Crippen LogP contribution in [0.1, 0.15) is 18.5 Å². The molecule has 0 amide bonds. The molecule has 0 unspecified atom stereocenters. The van der Waals surface area contributed by atoms with Gasteiger partial charge in [-0.2, -0.15) is 0 Å². The van der Waals surface area contributed by atoms with Crippen molar-refractivity contribution in [3.63, 3.8) is 0 Å². The summed E-state index contributed by atoms with van der Waals surface area (Å²) in [7, 11) is -1.46. The maximum Gasteiger partial charge on any atom is 0.292 e. The molecule has 23 heavy (non-hydrogen) atoms. The molecule has 0 aromatic heterocycles. The molecule has 0 saturated carbocycles. The highest BCUT2D eigenvalue weighted by Crippen LogP contribution is 2.32. The Labute approximate surface area is 135 Å². The van der Waals surface area contributed by atoms with E-state index in [1.807, 2.05) is 6.92 Å². The van der Waals surface area contributed by atoms with Crippen LogP contribution in [-0.2, 0) is 9.84 Å². The van der Waals surface area contributed by atoms with Crippen LogP contribution in [0.25, 0.3) is 0 Å². The Kier molecular flexibility index (Phi) is 4.70. The minimum atomic E-state index is -3.24. The molecular formula is C16H18N2O4S. The number of hydrogen-bond donors (Lipinski definition) is 0. The molecule has 0 N–H and O–H groups in total. The number of hydrogen-bond acceptors (Lipinski definition) is 5. The van der Waals surface area contributed by atoms with Crippen LogP contribution >= 0.6 is 0 Å². The Morgan fingerprint density at radius 1 is 1.09 bits per heavy atom. The molecule has 0 saturated heterocycles. The number of nitro benzene ring substituents is 1. The van der Waals surface area contributed by atoms with E-state index in [2.05, 4.69) is 0 Å². The number of para-hydroxylation sites is 2. The summed E-state index contributed by atoms with van der Waals surface area (Å²) in [5, 5.41) is 11.2. The number of rotatable bonds is 5. The Morgan fingerprint density at radius 3 is 2.17 bits per heavy atom. The van der Waals surface area contributed by atoms with Crippen LogP contribution in [0.4, 0.5) is 11.4 Å². The summed E-state index contributed by atoms with van der Waals surface area (Å²) < 4.78 is 23.0. The standard InChI is InChI=1S/C16H18N2O4S/c1-12(13-8-10-14(11-9-13)23(3,21)22)17(2)15-6-4-5-7-16(15)18(19)20/h4-12H,1-3H3/t12-/m0/s1. The predicted octanol–water partition coefficient (Wildman–Crippen LogP) is 3.20. The third-order valence-electron chi connectivity index (χ3n) is 3.83. The van der Waals surface area contributed by atoms with Crippen molar-refractivity contribution < 1.29 is 13.3 Å². The summed E-state index contributed by atoms with van der Waals surface area (Å²) in [6.45, 7) is 1.91. The van der Waals surface area contributed by atoms with Crippen molar-refractivity contribution in [1.82, 2.24) is 0 Å². The summed E-state index contributed by atoms with van der Waals surface area (Å²) in [4.78, 5) is 12.8. The topological polar surface area (TPSA) is 80.5 Å². The number of sulfone groups is 1. The van der Waals surface area contributed by atoms with Gasteiger partial charge in [0.15, 0.2) is 9.84 Å². The quantitative estimate of drug-likeness (QED) is 0.619. The molecule has 2 aromatic carbocycles. The largest absolute Gasteiger partial charge is 0.362 e. The zero-order valence-electron chi connectivity index (χ0n) is 13.1. The van der Waals surface area contributed by atoms with Crippen LogP contribution in [-0.4, -0.2) is 26.6 Å². The fourth-order valence-corrected chi connectivity index (χ4v) is 2.97. The van der Waals surface area contributed by atoms with E-state index in [0.717, 1.165) is 11.8 Å². The summed E-state index contributed by atoms with van der Waals surface area (Å²) >= 11 is 0. The molecule has 0 aliphatic carbocycles. The van der Waals surface area contributed by atoms with Crippen molar-refractivity contribution in [3.05, 3.63) is 64.2 Å². The van der Waals surface area contributed by atoms with Crippen molar-refractivity contribution in [2.24, 2.45) is 0 Å². The lowest BCUT2D eigenvalue weighted by Crippen LogP contribution is -2.22. The maximum atomic E-state index is 11.5. The second-order valence-electron chi connectivity index (χ2n) is 5.37. The summed E-state index contributed by atoms with van der Waals surface area (Å²) in [5.41, 5.74) is 1.42. The van der Waals surface area contributed by atoms with Crippen LogP contribution < -0.4 is 4.90 Å². The smallest absolute Gasteiger partial charge is 0.292 e. The third kappa shape index (κ3) is 3.68. The molecule has 0 heterocycles. The van der Waals surface area contributed by atoms with Crippen LogP contribution in [0.3, 0.4) is 0 Å². The maximum absolute atomic E-state index is 11.5. The van der Waals surface area contributed by atoms with Gasteiger partial charge in [0.1, 0.15) is 5.69 Å². The molecule has 0 spiro atoms. The summed E-state index contributed by atoms with van der Waals surface area (Å²) in [6.07, 6.45) is 1.16. The number of anilines is 1. The van der Waals surface area contributed by atoms with Gasteiger partial charge in [-0.05, 0) is 30.7 Å². The van der Waals surface area contributed by atoms with Crippen molar-refractivity contribution in [2.75, 3.05) is 18.2 Å². The van der Waals surface area contributed by atoms with Crippen LogP contribution in [0, 0.1) is 10.1 Å².